The molecule has 0 fully saturated rings. The minimum absolute atomic E-state index is 0.0219. The van der Waals surface area contributed by atoms with E-state index in [0.717, 1.165) is 0 Å². The quantitative estimate of drug-likeness (QED) is 0.651. The Labute approximate surface area is 124 Å². The Balaban J connectivity index is 2.33. The minimum Gasteiger partial charge on any atom is -0.506 e. The molecule has 108 valence electrons. The van der Waals surface area contributed by atoms with Crippen LogP contribution < -0.4 is 11.1 Å². The monoisotopic (exact) mass is 306 g/mol. The van der Waals surface area contributed by atoms with Crippen molar-refractivity contribution in [3.05, 3.63) is 52.5 Å². The Hall–Kier alpha value is -2.73. The number of carboxylic acids is 1. The number of hydrogen-bond acceptors (Lipinski definition) is 4. The summed E-state index contributed by atoms with van der Waals surface area (Å²) < 4.78 is 0. The third-order valence-corrected chi connectivity index (χ3v) is 3.03. The zero-order chi connectivity index (χ0) is 15.6. The largest absolute Gasteiger partial charge is 0.506 e. The van der Waals surface area contributed by atoms with Crippen LogP contribution >= 0.6 is 11.6 Å². The van der Waals surface area contributed by atoms with Gasteiger partial charge in [0.2, 0.25) is 0 Å². The van der Waals surface area contributed by atoms with Gasteiger partial charge in [-0.25, -0.2) is 4.79 Å². The highest BCUT2D eigenvalue weighted by Gasteiger charge is 2.14. The number of aromatic carboxylic acids is 1. The Morgan fingerprint density at radius 1 is 1.14 bits per heavy atom. The van der Waals surface area contributed by atoms with E-state index in [9.17, 15) is 14.7 Å². The van der Waals surface area contributed by atoms with Crippen LogP contribution in [0, 0.1) is 0 Å². The number of carbonyl (C=O) groups excluding carboxylic acids is 1. The molecule has 0 saturated heterocycles. The molecule has 2 aromatic rings. The van der Waals surface area contributed by atoms with Gasteiger partial charge in [-0.2, -0.15) is 0 Å². The third kappa shape index (κ3) is 3.24. The van der Waals surface area contributed by atoms with Crippen LogP contribution in [0.15, 0.2) is 36.4 Å². The maximum absolute atomic E-state index is 12.1. The fourth-order valence-corrected chi connectivity index (χ4v) is 1.87. The second-order valence-electron chi connectivity index (χ2n) is 4.23. The zero-order valence-electron chi connectivity index (χ0n) is 10.6. The standard InChI is InChI=1S/C14H11ClN2O4/c15-10-5-7(1-4-12(10)18)13(19)17-11-6-8(16)2-3-9(11)14(20)21/h1-6,18H,16H2,(H,17,19)(H,20,21). The molecular weight excluding hydrogens is 296 g/mol. The Morgan fingerprint density at radius 3 is 2.48 bits per heavy atom. The average Bonchev–Trinajstić information content (AvgIpc) is 2.41. The van der Waals surface area contributed by atoms with Crippen LogP contribution in [0.5, 0.6) is 5.75 Å². The molecule has 0 bridgehead atoms. The summed E-state index contributed by atoms with van der Waals surface area (Å²) in [4.78, 5) is 23.2. The summed E-state index contributed by atoms with van der Waals surface area (Å²) in [6.07, 6.45) is 0. The average molecular weight is 307 g/mol. The highest BCUT2D eigenvalue weighted by atomic mass is 35.5. The van der Waals surface area contributed by atoms with E-state index in [0.29, 0.717) is 5.69 Å². The number of phenolic OH excluding ortho intramolecular Hbond substituents is 1. The lowest BCUT2D eigenvalue weighted by atomic mass is 10.1. The summed E-state index contributed by atoms with van der Waals surface area (Å²) in [5.41, 5.74) is 6.08. The molecule has 0 radical (unpaired) electrons. The number of anilines is 2. The normalized spacial score (nSPS) is 10.1. The summed E-state index contributed by atoms with van der Waals surface area (Å²) in [5.74, 6) is -1.90. The van der Waals surface area contributed by atoms with Gasteiger partial charge in [-0.05, 0) is 36.4 Å². The number of nitrogens with one attached hydrogen (secondary N) is 1. The third-order valence-electron chi connectivity index (χ3n) is 2.73. The lowest BCUT2D eigenvalue weighted by Gasteiger charge is -2.10. The number of nitrogens with two attached hydrogens (primary N) is 1. The molecule has 1 amide bonds. The lowest BCUT2D eigenvalue weighted by Crippen LogP contribution is -2.15. The summed E-state index contributed by atoms with van der Waals surface area (Å²) in [5, 5.41) is 20.9. The van der Waals surface area contributed by atoms with E-state index < -0.39 is 11.9 Å². The molecule has 5 N–H and O–H groups in total. The first kappa shape index (κ1) is 14.7. The molecular formula is C14H11ClN2O4. The van der Waals surface area contributed by atoms with Crippen molar-refractivity contribution in [3.8, 4) is 5.75 Å². The molecule has 0 aliphatic carbocycles. The second kappa shape index (κ2) is 5.72. The summed E-state index contributed by atoms with van der Waals surface area (Å²) in [6.45, 7) is 0. The Bertz CT molecular complexity index is 731. The molecule has 0 aromatic heterocycles. The SMILES string of the molecule is Nc1ccc(C(=O)O)c(NC(=O)c2ccc(O)c(Cl)c2)c1. The van der Waals surface area contributed by atoms with Gasteiger partial charge in [0.1, 0.15) is 5.75 Å². The fraction of sp³-hybridized carbons (Fsp3) is 0. The van der Waals surface area contributed by atoms with Crippen molar-refractivity contribution in [2.75, 3.05) is 11.1 Å². The van der Waals surface area contributed by atoms with Gasteiger partial charge < -0.3 is 21.3 Å². The number of rotatable bonds is 3. The molecule has 2 rings (SSSR count). The molecule has 0 aliphatic rings. The van der Waals surface area contributed by atoms with Crippen LogP contribution in [0.3, 0.4) is 0 Å². The van der Waals surface area contributed by atoms with E-state index in [4.69, 9.17) is 22.4 Å². The maximum atomic E-state index is 12.1. The number of hydrogen-bond donors (Lipinski definition) is 4. The predicted octanol–water partition coefficient (Wildman–Crippen LogP) is 2.58. The van der Waals surface area contributed by atoms with Gasteiger partial charge in [-0.15, -0.1) is 0 Å². The number of aromatic hydroxyl groups is 1. The highest BCUT2D eigenvalue weighted by Crippen LogP contribution is 2.25. The topological polar surface area (TPSA) is 113 Å². The number of nitrogen functional groups attached to an aromatic ring is 1. The van der Waals surface area contributed by atoms with E-state index in [1.807, 2.05) is 0 Å². The highest BCUT2D eigenvalue weighted by molar-refractivity contribution is 6.32. The van der Waals surface area contributed by atoms with Crippen molar-refractivity contribution < 1.29 is 19.8 Å². The van der Waals surface area contributed by atoms with Gasteiger partial charge >= 0.3 is 5.97 Å². The summed E-state index contributed by atoms with van der Waals surface area (Å²) >= 11 is 5.72. The Kier molecular flexibility index (Phi) is 4.00. The number of phenols is 1. The molecule has 21 heavy (non-hydrogen) atoms. The fourth-order valence-electron chi connectivity index (χ4n) is 1.69. The van der Waals surface area contributed by atoms with E-state index in [1.54, 1.807) is 0 Å². The molecule has 0 unspecified atom stereocenters. The first-order valence-corrected chi connectivity index (χ1v) is 6.19. The molecule has 0 atom stereocenters. The van der Waals surface area contributed by atoms with E-state index >= 15 is 0 Å². The van der Waals surface area contributed by atoms with Crippen LogP contribution in [0.25, 0.3) is 0 Å². The number of carboxylic acid groups (broad SMARTS) is 1. The van der Waals surface area contributed by atoms with E-state index in [-0.39, 0.29) is 27.6 Å². The van der Waals surface area contributed by atoms with Gasteiger partial charge in [0.25, 0.3) is 5.91 Å². The van der Waals surface area contributed by atoms with Crippen molar-refractivity contribution in [3.63, 3.8) is 0 Å². The van der Waals surface area contributed by atoms with Gasteiger partial charge in [0, 0.05) is 11.3 Å². The molecule has 0 saturated carbocycles. The number of halogens is 1. The molecule has 0 heterocycles. The molecule has 0 spiro atoms. The minimum atomic E-state index is -1.19. The Morgan fingerprint density at radius 2 is 1.86 bits per heavy atom. The van der Waals surface area contributed by atoms with Crippen molar-refractivity contribution in [1.82, 2.24) is 0 Å². The van der Waals surface area contributed by atoms with Gasteiger partial charge in [0.05, 0.1) is 16.3 Å². The number of carbonyl (C=O) groups is 2. The predicted molar refractivity (Wildman–Crippen MR) is 78.9 cm³/mol. The first-order valence-electron chi connectivity index (χ1n) is 5.81. The maximum Gasteiger partial charge on any atom is 0.337 e. The van der Waals surface area contributed by atoms with Crippen molar-refractivity contribution in [2.45, 2.75) is 0 Å². The number of amides is 1. The van der Waals surface area contributed by atoms with E-state index in [2.05, 4.69) is 5.32 Å². The van der Waals surface area contributed by atoms with Crippen molar-refractivity contribution in [2.24, 2.45) is 0 Å². The van der Waals surface area contributed by atoms with Crippen LogP contribution in [-0.4, -0.2) is 22.1 Å². The van der Waals surface area contributed by atoms with Crippen molar-refractivity contribution >= 4 is 34.9 Å². The molecule has 0 aliphatic heterocycles. The second-order valence-corrected chi connectivity index (χ2v) is 4.64. The van der Waals surface area contributed by atoms with Gasteiger partial charge in [-0.3, -0.25) is 4.79 Å². The van der Waals surface area contributed by atoms with Crippen LogP contribution in [0.4, 0.5) is 11.4 Å². The molecule has 2 aromatic carbocycles. The molecule has 6 nitrogen and oxygen atoms in total. The summed E-state index contributed by atoms with van der Waals surface area (Å²) in [6, 6.07) is 7.99. The van der Waals surface area contributed by atoms with Gasteiger partial charge in [-0.1, -0.05) is 11.6 Å². The van der Waals surface area contributed by atoms with Crippen molar-refractivity contribution in [1.29, 1.82) is 0 Å². The van der Waals surface area contributed by atoms with Crippen LogP contribution in [0.1, 0.15) is 20.7 Å². The number of benzene rings is 2. The van der Waals surface area contributed by atoms with E-state index in [1.165, 1.54) is 36.4 Å². The van der Waals surface area contributed by atoms with Gasteiger partial charge in [0.15, 0.2) is 0 Å². The first-order chi connectivity index (χ1) is 9.88. The van der Waals surface area contributed by atoms with Crippen LogP contribution in [-0.2, 0) is 0 Å². The summed E-state index contributed by atoms with van der Waals surface area (Å²) in [7, 11) is 0. The lowest BCUT2D eigenvalue weighted by molar-refractivity contribution is 0.0698. The zero-order valence-corrected chi connectivity index (χ0v) is 11.4. The smallest absolute Gasteiger partial charge is 0.337 e. The molecule has 7 heteroatoms. The van der Waals surface area contributed by atoms with Crippen LogP contribution in [0.2, 0.25) is 5.02 Å².